The van der Waals surface area contributed by atoms with Crippen LogP contribution in [0.1, 0.15) is 46.5 Å². The van der Waals surface area contributed by atoms with Gasteiger partial charge in [0.05, 0.1) is 29.6 Å². The van der Waals surface area contributed by atoms with E-state index in [0.29, 0.717) is 35.5 Å². The number of aryl methyl sites for hydroxylation is 1. The quantitative estimate of drug-likeness (QED) is 0.578. The van der Waals surface area contributed by atoms with Crippen molar-refractivity contribution in [1.82, 2.24) is 9.78 Å². The lowest BCUT2D eigenvalue weighted by atomic mass is 9.93. The fourth-order valence-corrected chi connectivity index (χ4v) is 5.13. The third-order valence-electron chi connectivity index (χ3n) is 4.78. The largest absolute Gasteiger partial charge is 0.493 e. The summed E-state index contributed by atoms with van der Waals surface area (Å²) in [6, 6.07) is 2.93. The van der Waals surface area contributed by atoms with E-state index in [1.54, 1.807) is 13.8 Å². The summed E-state index contributed by atoms with van der Waals surface area (Å²) < 4.78 is 32.0. The van der Waals surface area contributed by atoms with Gasteiger partial charge in [-0.25, -0.2) is 13.1 Å². The van der Waals surface area contributed by atoms with E-state index in [9.17, 15) is 18.3 Å². The van der Waals surface area contributed by atoms with Crippen molar-refractivity contribution in [3.63, 3.8) is 0 Å². The van der Waals surface area contributed by atoms with Crippen molar-refractivity contribution in [1.29, 1.82) is 0 Å². The van der Waals surface area contributed by atoms with Crippen molar-refractivity contribution in [2.24, 2.45) is 0 Å². The average Bonchev–Trinajstić information content (AvgIpc) is 3.01. The third-order valence-corrected chi connectivity index (χ3v) is 6.73. The number of ketones is 1. The molecule has 146 valence electrons. The number of hydrogen-bond acceptors (Lipinski definition) is 6. The summed E-state index contributed by atoms with van der Waals surface area (Å²) in [5, 5.41) is 14.2. The Morgan fingerprint density at radius 3 is 2.78 bits per heavy atom. The SMILES string of the molecule is CCn1ncc(C(=O)c2ccc3c(c2C)C(OCCCl)CCS3(=O)=O)c1O. The lowest BCUT2D eigenvalue weighted by molar-refractivity contribution is 0.0575. The van der Waals surface area contributed by atoms with Gasteiger partial charge < -0.3 is 9.84 Å². The molecular weight excluding hydrogens is 392 g/mol. The lowest BCUT2D eigenvalue weighted by Gasteiger charge is -2.28. The highest BCUT2D eigenvalue weighted by Crippen LogP contribution is 2.38. The van der Waals surface area contributed by atoms with Gasteiger partial charge in [0.15, 0.2) is 15.6 Å². The highest BCUT2D eigenvalue weighted by Gasteiger charge is 2.34. The molecule has 1 N–H and O–H groups in total. The van der Waals surface area contributed by atoms with Crippen LogP contribution in [0.2, 0.25) is 0 Å². The summed E-state index contributed by atoms with van der Waals surface area (Å²) in [5.41, 5.74) is 1.43. The van der Waals surface area contributed by atoms with E-state index in [1.807, 2.05) is 0 Å². The van der Waals surface area contributed by atoms with Crippen LogP contribution in [0.4, 0.5) is 0 Å². The molecule has 0 aliphatic carbocycles. The van der Waals surface area contributed by atoms with Crippen molar-refractivity contribution in [3.05, 3.63) is 40.6 Å². The first-order valence-corrected chi connectivity index (χ1v) is 10.8. The molecule has 0 fully saturated rings. The van der Waals surface area contributed by atoms with Crippen molar-refractivity contribution in [3.8, 4) is 5.88 Å². The molecule has 3 rings (SSSR count). The molecule has 0 saturated heterocycles. The molecule has 9 heteroatoms. The van der Waals surface area contributed by atoms with Crippen LogP contribution in [0.15, 0.2) is 23.2 Å². The van der Waals surface area contributed by atoms with E-state index in [0.717, 1.165) is 0 Å². The molecule has 1 aliphatic heterocycles. The van der Waals surface area contributed by atoms with Crippen LogP contribution in [0, 0.1) is 6.92 Å². The maximum Gasteiger partial charge on any atom is 0.220 e. The first-order chi connectivity index (χ1) is 12.8. The van der Waals surface area contributed by atoms with Crippen LogP contribution in [-0.2, 0) is 21.1 Å². The Hall–Kier alpha value is -1.90. The summed E-state index contributed by atoms with van der Waals surface area (Å²) in [6.07, 6.45) is 1.18. The summed E-state index contributed by atoms with van der Waals surface area (Å²) in [4.78, 5) is 13.2. The van der Waals surface area contributed by atoms with Crippen molar-refractivity contribution >= 4 is 27.2 Å². The van der Waals surface area contributed by atoms with E-state index in [-0.39, 0.29) is 28.7 Å². The molecule has 7 nitrogen and oxygen atoms in total. The summed E-state index contributed by atoms with van der Waals surface area (Å²) in [7, 11) is -3.43. The normalized spacial score (nSPS) is 18.3. The summed E-state index contributed by atoms with van der Waals surface area (Å²) in [6.45, 7) is 4.21. The minimum atomic E-state index is -3.43. The number of nitrogens with zero attached hydrogens (tertiary/aromatic N) is 2. The van der Waals surface area contributed by atoms with Gasteiger partial charge in [-0.05, 0) is 38.0 Å². The van der Waals surface area contributed by atoms with E-state index in [1.165, 1.54) is 23.0 Å². The first kappa shape index (κ1) is 19.9. The lowest BCUT2D eigenvalue weighted by Crippen LogP contribution is -2.24. The summed E-state index contributed by atoms with van der Waals surface area (Å²) in [5.74, 6) is -0.335. The second kappa shape index (κ2) is 7.61. The number of carbonyl (C=O) groups excluding carboxylic acids is 1. The molecular formula is C18H21ClN2O5S. The molecule has 1 aliphatic rings. The average molecular weight is 413 g/mol. The Balaban J connectivity index is 2.11. The highest BCUT2D eigenvalue weighted by molar-refractivity contribution is 7.91. The minimum Gasteiger partial charge on any atom is -0.493 e. The zero-order valence-electron chi connectivity index (χ0n) is 15.1. The molecule has 1 unspecified atom stereocenters. The smallest absolute Gasteiger partial charge is 0.220 e. The molecule has 1 aromatic carbocycles. The van der Waals surface area contributed by atoms with Gasteiger partial charge in [-0.3, -0.25) is 4.79 Å². The van der Waals surface area contributed by atoms with Gasteiger partial charge >= 0.3 is 0 Å². The maximum atomic E-state index is 13.0. The van der Waals surface area contributed by atoms with Crippen molar-refractivity contribution in [2.75, 3.05) is 18.2 Å². The Kier molecular flexibility index (Phi) is 5.60. The predicted octanol–water partition coefficient (Wildman–Crippen LogP) is 2.62. The number of fused-ring (bicyclic) bond motifs is 1. The number of alkyl halides is 1. The van der Waals surface area contributed by atoms with Crippen LogP contribution in [0.5, 0.6) is 5.88 Å². The number of ether oxygens (including phenoxy) is 1. The summed E-state index contributed by atoms with van der Waals surface area (Å²) >= 11 is 5.70. The van der Waals surface area contributed by atoms with Crippen LogP contribution in [0.3, 0.4) is 0 Å². The molecule has 2 heterocycles. The predicted molar refractivity (Wildman–Crippen MR) is 100 cm³/mol. The zero-order chi connectivity index (χ0) is 19.8. The van der Waals surface area contributed by atoms with Crippen LogP contribution in [-0.4, -0.2) is 47.3 Å². The van der Waals surface area contributed by atoms with Gasteiger partial charge in [-0.2, -0.15) is 5.10 Å². The van der Waals surface area contributed by atoms with Gasteiger partial charge in [-0.15, -0.1) is 11.6 Å². The van der Waals surface area contributed by atoms with E-state index < -0.39 is 21.7 Å². The van der Waals surface area contributed by atoms with Gasteiger partial charge in [0.1, 0.15) is 5.56 Å². The van der Waals surface area contributed by atoms with Gasteiger partial charge in [0.25, 0.3) is 0 Å². The Labute approximate surface area is 162 Å². The van der Waals surface area contributed by atoms with E-state index in [2.05, 4.69) is 5.10 Å². The number of aromatic nitrogens is 2. The topological polar surface area (TPSA) is 98.5 Å². The van der Waals surface area contributed by atoms with Crippen LogP contribution in [0.25, 0.3) is 0 Å². The van der Waals surface area contributed by atoms with Gasteiger partial charge in [-0.1, -0.05) is 0 Å². The van der Waals surface area contributed by atoms with Crippen molar-refractivity contribution in [2.45, 2.75) is 37.8 Å². The van der Waals surface area contributed by atoms with Gasteiger partial charge in [0.2, 0.25) is 5.88 Å². The second-order valence-electron chi connectivity index (χ2n) is 6.33. The fraction of sp³-hybridized carbons (Fsp3) is 0.444. The van der Waals surface area contributed by atoms with Crippen molar-refractivity contribution < 1.29 is 23.1 Å². The third kappa shape index (κ3) is 3.49. The van der Waals surface area contributed by atoms with E-state index >= 15 is 0 Å². The van der Waals surface area contributed by atoms with Gasteiger partial charge in [0, 0.05) is 23.6 Å². The van der Waals surface area contributed by atoms with Crippen LogP contribution < -0.4 is 0 Å². The molecule has 0 radical (unpaired) electrons. The van der Waals surface area contributed by atoms with Crippen LogP contribution >= 0.6 is 11.6 Å². The second-order valence-corrected chi connectivity index (χ2v) is 8.79. The number of halogens is 1. The highest BCUT2D eigenvalue weighted by atomic mass is 35.5. The number of carbonyl (C=O) groups is 1. The number of benzene rings is 1. The number of sulfone groups is 1. The molecule has 0 amide bonds. The Morgan fingerprint density at radius 1 is 1.41 bits per heavy atom. The Bertz CT molecular complexity index is 984. The Morgan fingerprint density at radius 2 is 2.15 bits per heavy atom. The molecule has 0 saturated carbocycles. The number of aromatic hydroxyl groups is 1. The minimum absolute atomic E-state index is 0.0102. The maximum absolute atomic E-state index is 13.0. The number of rotatable bonds is 6. The molecule has 0 bridgehead atoms. The van der Waals surface area contributed by atoms with E-state index in [4.69, 9.17) is 16.3 Å². The zero-order valence-corrected chi connectivity index (χ0v) is 16.7. The molecule has 0 spiro atoms. The molecule has 1 aromatic heterocycles. The molecule has 1 atom stereocenters. The molecule has 27 heavy (non-hydrogen) atoms. The standard InChI is InChI=1S/C18H21ClN2O5S/c1-3-21-18(23)13(10-20-21)17(22)12-4-5-15-16(11(12)2)14(26-8-7-19)6-9-27(15,24)25/h4-5,10,14,23H,3,6-9H2,1-2H3. The first-order valence-electron chi connectivity index (χ1n) is 8.65. The fourth-order valence-electron chi connectivity index (χ4n) is 3.41. The molecule has 2 aromatic rings. The number of hydrogen-bond donors (Lipinski definition) is 1. The monoisotopic (exact) mass is 412 g/mol.